The fourth-order valence-electron chi connectivity index (χ4n) is 2.03. The third-order valence-electron chi connectivity index (χ3n) is 3.60. The number of halogens is 1. The van der Waals surface area contributed by atoms with Crippen LogP contribution < -0.4 is 5.32 Å². The van der Waals surface area contributed by atoms with Crippen LogP contribution in [-0.2, 0) is 13.5 Å². The van der Waals surface area contributed by atoms with Gasteiger partial charge in [0.15, 0.2) is 0 Å². The average Bonchev–Trinajstić information content (AvgIpc) is 2.52. The van der Waals surface area contributed by atoms with E-state index in [0.29, 0.717) is 17.9 Å². The van der Waals surface area contributed by atoms with Crippen LogP contribution in [0.4, 0.5) is 0 Å². The highest BCUT2D eigenvalue weighted by Gasteiger charge is 2.18. The highest BCUT2D eigenvalue weighted by Crippen LogP contribution is 2.25. The van der Waals surface area contributed by atoms with Crippen LogP contribution in [0.15, 0.2) is 4.47 Å². The third kappa shape index (κ3) is 4.09. The van der Waals surface area contributed by atoms with E-state index in [2.05, 4.69) is 54.0 Å². The molecule has 0 fully saturated rings. The third-order valence-corrected chi connectivity index (χ3v) is 4.63. The van der Waals surface area contributed by atoms with Crippen molar-refractivity contribution in [2.24, 2.45) is 18.9 Å². The number of rotatable bonds is 6. The maximum absolute atomic E-state index is 4.45. The van der Waals surface area contributed by atoms with E-state index in [-0.39, 0.29) is 0 Å². The summed E-state index contributed by atoms with van der Waals surface area (Å²) in [4.78, 5) is 0. The number of nitrogens with zero attached hydrogens (tertiary/aromatic N) is 2. The Balaban J connectivity index is 2.61. The van der Waals surface area contributed by atoms with Crippen molar-refractivity contribution in [1.82, 2.24) is 15.1 Å². The van der Waals surface area contributed by atoms with Gasteiger partial charge in [0.1, 0.15) is 0 Å². The van der Waals surface area contributed by atoms with Gasteiger partial charge >= 0.3 is 0 Å². The first-order valence-electron chi connectivity index (χ1n) is 6.74. The Labute approximate surface area is 119 Å². The van der Waals surface area contributed by atoms with Crippen molar-refractivity contribution >= 4 is 15.9 Å². The summed E-state index contributed by atoms with van der Waals surface area (Å²) in [6.45, 7) is 12.1. The molecule has 1 aromatic rings. The molecule has 0 aliphatic heterocycles. The Hall–Kier alpha value is -0.350. The van der Waals surface area contributed by atoms with Gasteiger partial charge in [0.05, 0.1) is 15.9 Å². The van der Waals surface area contributed by atoms with Crippen LogP contribution in [-0.4, -0.2) is 22.4 Å². The molecule has 0 aliphatic rings. The van der Waals surface area contributed by atoms with Gasteiger partial charge in [-0.3, -0.25) is 4.68 Å². The number of aromatic nitrogens is 2. The number of hydrogen-bond donors (Lipinski definition) is 1. The molecule has 18 heavy (non-hydrogen) atoms. The summed E-state index contributed by atoms with van der Waals surface area (Å²) in [5.41, 5.74) is 2.38. The van der Waals surface area contributed by atoms with E-state index in [1.807, 2.05) is 18.7 Å². The lowest BCUT2D eigenvalue weighted by Crippen LogP contribution is -2.31. The highest BCUT2D eigenvalue weighted by atomic mass is 79.9. The molecule has 0 radical (unpaired) electrons. The minimum absolute atomic E-state index is 0.560. The van der Waals surface area contributed by atoms with Crippen molar-refractivity contribution in [3.8, 4) is 0 Å². The van der Waals surface area contributed by atoms with Crippen molar-refractivity contribution in [3.63, 3.8) is 0 Å². The molecule has 4 heteroatoms. The first-order chi connectivity index (χ1) is 8.32. The number of nitrogens with one attached hydrogen (secondary N) is 1. The average molecular weight is 316 g/mol. The quantitative estimate of drug-likeness (QED) is 0.873. The van der Waals surface area contributed by atoms with E-state index in [9.17, 15) is 0 Å². The van der Waals surface area contributed by atoms with Gasteiger partial charge in [-0.05, 0) is 47.7 Å². The van der Waals surface area contributed by atoms with Crippen LogP contribution in [0.25, 0.3) is 0 Å². The molecule has 104 valence electrons. The monoisotopic (exact) mass is 315 g/mol. The van der Waals surface area contributed by atoms with E-state index < -0.39 is 0 Å². The first kappa shape index (κ1) is 15.7. The zero-order valence-corrected chi connectivity index (χ0v) is 14.0. The normalized spacial score (nSPS) is 15.1. The van der Waals surface area contributed by atoms with E-state index in [1.165, 1.54) is 10.2 Å². The Morgan fingerprint density at radius 3 is 2.28 bits per heavy atom. The van der Waals surface area contributed by atoms with Gasteiger partial charge in [-0.1, -0.05) is 27.7 Å². The zero-order chi connectivity index (χ0) is 13.9. The molecule has 1 N–H and O–H groups in total. The molecular formula is C14H26BrN3. The molecule has 1 heterocycles. The van der Waals surface area contributed by atoms with Gasteiger partial charge in [0.25, 0.3) is 0 Å². The molecule has 0 aliphatic carbocycles. The lowest BCUT2D eigenvalue weighted by molar-refractivity contribution is 0.348. The fraction of sp³-hybridized carbons (Fsp3) is 0.786. The molecule has 3 nitrogen and oxygen atoms in total. The van der Waals surface area contributed by atoms with Crippen LogP contribution >= 0.6 is 15.9 Å². The van der Waals surface area contributed by atoms with Crippen molar-refractivity contribution in [2.75, 3.05) is 6.54 Å². The lowest BCUT2D eigenvalue weighted by Gasteiger charge is -2.22. The Bertz CT molecular complexity index is 385. The molecule has 0 saturated heterocycles. The van der Waals surface area contributed by atoms with Crippen molar-refractivity contribution in [3.05, 3.63) is 15.9 Å². The van der Waals surface area contributed by atoms with Gasteiger partial charge < -0.3 is 5.32 Å². The van der Waals surface area contributed by atoms with Gasteiger partial charge in [-0.25, -0.2) is 0 Å². The first-order valence-corrected chi connectivity index (χ1v) is 7.53. The van der Waals surface area contributed by atoms with Gasteiger partial charge in [-0.15, -0.1) is 0 Å². The predicted octanol–water partition coefficient (Wildman–Crippen LogP) is 3.30. The molecule has 0 bridgehead atoms. The van der Waals surface area contributed by atoms with Crippen molar-refractivity contribution < 1.29 is 0 Å². The maximum Gasteiger partial charge on any atom is 0.0738 e. The zero-order valence-electron chi connectivity index (χ0n) is 12.4. The summed E-state index contributed by atoms with van der Waals surface area (Å²) in [7, 11) is 2.02. The number of aryl methyl sites for hydroxylation is 2. The van der Waals surface area contributed by atoms with E-state index in [1.54, 1.807) is 0 Å². The summed E-state index contributed by atoms with van der Waals surface area (Å²) in [5.74, 6) is 1.30. The summed E-state index contributed by atoms with van der Waals surface area (Å²) >= 11 is 3.64. The second kappa shape index (κ2) is 6.71. The Morgan fingerprint density at radius 2 is 1.83 bits per heavy atom. The molecule has 0 amide bonds. The highest BCUT2D eigenvalue weighted by molar-refractivity contribution is 9.10. The van der Waals surface area contributed by atoms with Crippen LogP contribution in [0, 0.1) is 18.8 Å². The molecule has 2 atom stereocenters. The molecule has 1 aromatic heterocycles. The lowest BCUT2D eigenvalue weighted by atomic mass is 9.91. The SMILES string of the molecule is Cc1nn(C)c(CC(C)C(C)CNC(C)C)c1Br. The van der Waals surface area contributed by atoms with Gasteiger partial charge in [0, 0.05) is 13.1 Å². The summed E-state index contributed by atoms with van der Waals surface area (Å²) < 4.78 is 3.17. The topological polar surface area (TPSA) is 29.9 Å². The molecule has 0 aromatic carbocycles. The minimum atomic E-state index is 0.560. The van der Waals surface area contributed by atoms with E-state index in [0.717, 1.165) is 18.7 Å². The van der Waals surface area contributed by atoms with Crippen LogP contribution in [0.2, 0.25) is 0 Å². The second-order valence-electron chi connectivity index (χ2n) is 5.69. The van der Waals surface area contributed by atoms with Crippen molar-refractivity contribution in [2.45, 2.75) is 47.1 Å². The Kier molecular flexibility index (Phi) is 5.86. The largest absolute Gasteiger partial charge is 0.314 e. The standard InChI is InChI=1S/C14H26BrN3/c1-9(2)16-8-11(4)10(3)7-13-14(15)12(5)17-18(13)6/h9-11,16H,7-8H2,1-6H3. The van der Waals surface area contributed by atoms with Crippen molar-refractivity contribution in [1.29, 1.82) is 0 Å². The van der Waals surface area contributed by atoms with Crippen LogP contribution in [0.1, 0.15) is 39.1 Å². The summed E-state index contributed by atoms with van der Waals surface area (Å²) in [5, 5.41) is 7.96. The summed E-state index contributed by atoms with van der Waals surface area (Å²) in [6.07, 6.45) is 1.07. The molecular weight excluding hydrogens is 290 g/mol. The van der Waals surface area contributed by atoms with Gasteiger partial charge in [-0.2, -0.15) is 5.10 Å². The van der Waals surface area contributed by atoms with Crippen LogP contribution in [0.5, 0.6) is 0 Å². The fourth-order valence-corrected chi connectivity index (χ4v) is 2.53. The smallest absolute Gasteiger partial charge is 0.0738 e. The maximum atomic E-state index is 4.45. The van der Waals surface area contributed by atoms with E-state index in [4.69, 9.17) is 0 Å². The van der Waals surface area contributed by atoms with Gasteiger partial charge in [0.2, 0.25) is 0 Å². The molecule has 1 rings (SSSR count). The molecule has 0 spiro atoms. The number of hydrogen-bond acceptors (Lipinski definition) is 2. The second-order valence-corrected chi connectivity index (χ2v) is 6.48. The predicted molar refractivity (Wildman–Crippen MR) is 80.8 cm³/mol. The molecule has 0 saturated carbocycles. The minimum Gasteiger partial charge on any atom is -0.314 e. The summed E-state index contributed by atoms with van der Waals surface area (Å²) in [6, 6.07) is 0.560. The van der Waals surface area contributed by atoms with Crippen LogP contribution in [0.3, 0.4) is 0 Å². The van der Waals surface area contributed by atoms with E-state index >= 15 is 0 Å². The molecule has 2 unspecified atom stereocenters. The Morgan fingerprint density at radius 1 is 1.22 bits per heavy atom.